The van der Waals surface area contributed by atoms with E-state index < -0.39 is 0 Å². The van der Waals surface area contributed by atoms with Crippen LogP contribution in [0.3, 0.4) is 0 Å². The highest BCUT2D eigenvalue weighted by molar-refractivity contribution is 5.96. The van der Waals surface area contributed by atoms with Crippen molar-refractivity contribution in [3.05, 3.63) is 42.0 Å². The maximum Gasteiger partial charge on any atom is 0.162 e. The molecule has 0 aromatic heterocycles. The highest BCUT2D eigenvalue weighted by Crippen LogP contribution is 2.14. The van der Waals surface area contributed by atoms with Gasteiger partial charge in [0, 0.05) is 12.0 Å². The number of carbonyl (C=O) groups is 1. The highest BCUT2D eigenvalue weighted by atomic mass is 16.5. The zero-order chi connectivity index (χ0) is 12.7. The summed E-state index contributed by atoms with van der Waals surface area (Å²) in [6.45, 7) is 6.71. The summed E-state index contributed by atoms with van der Waals surface area (Å²) >= 11 is 0. The lowest BCUT2D eigenvalue weighted by atomic mass is 10.1. The van der Waals surface area contributed by atoms with Gasteiger partial charge in [-0.05, 0) is 49.7 Å². The van der Waals surface area contributed by atoms with Gasteiger partial charge >= 0.3 is 0 Å². The Morgan fingerprint density at radius 3 is 2.53 bits per heavy atom. The van der Waals surface area contributed by atoms with Gasteiger partial charge in [0.1, 0.15) is 12.4 Å². The second kappa shape index (κ2) is 6.86. The van der Waals surface area contributed by atoms with E-state index in [1.807, 2.05) is 6.92 Å². The van der Waals surface area contributed by atoms with Crippen molar-refractivity contribution in [1.29, 1.82) is 0 Å². The molecule has 0 aliphatic heterocycles. The Labute approximate surface area is 102 Å². The number of ether oxygens (including phenoxy) is 1. The lowest BCUT2D eigenvalue weighted by Gasteiger charge is -2.06. The van der Waals surface area contributed by atoms with Crippen LogP contribution in [0.5, 0.6) is 5.75 Å². The molecule has 1 aromatic rings. The first kappa shape index (κ1) is 13.5. The fourth-order valence-corrected chi connectivity index (χ4v) is 1.35. The largest absolute Gasteiger partial charge is 0.489 e. The van der Waals surface area contributed by atoms with Crippen molar-refractivity contribution in [2.45, 2.75) is 19.8 Å². The summed E-state index contributed by atoms with van der Waals surface area (Å²) in [5.41, 5.74) is 7.04. The first-order valence-electron chi connectivity index (χ1n) is 5.74. The number of carbonyl (C=O) groups excluding carboxylic acids is 1. The molecule has 0 spiro atoms. The molecule has 0 atom stereocenters. The molecule has 0 bridgehead atoms. The van der Waals surface area contributed by atoms with Crippen molar-refractivity contribution in [3.63, 3.8) is 0 Å². The first-order chi connectivity index (χ1) is 8.13. The van der Waals surface area contributed by atoms with Gasteiger partial charge in [-0.1, -0.05) is 6.58 Å². The Hall–Kier alpha value is -1.61. The first-order valence-corrected chi connectivity index (χ1v) is 5.74. The van der Waals surface area contributed by atoms with Gasteiger partial charge in [-0.25, -0.2) is 0 Å². The predicted octanol–water partition coefficient (Wildman–Crippen LogP) is 2.56. The van der Waals surface area contributed by atoms with E-state index >= 15 is 0 Å². The minimum Gasteiger partial charge on any atom is -0.489 e. The number of hydrogen-bond acceptors (Lipinski definition) is 3. The molecule has 0 heterocycles. The van der Waals surface area contributed by atoms with Crippen molar-refractivity contribution in [3.8, 4) is 5.75 Å². The van der Waals surface area contributed by atoms with E-state index in [4.69, 9.17) is 10.5 Å². The third-order valence-electron chi connectivity index (χ3n) is 2.27. The minimum atomic E-state index is 0.127. The van der Waals surface area contributed by atoms with Crippen LogP contribution in [0.25, 0.3) is 0 Å². The molecule has 3 nitrogen and oxygen atoms in total. The highest BCUT2D eigenvalue weighted by Gasteiger charge is 2.05. The van der Waals surface area contributed by atoms with Gasteiger partial charge in [0.25, 0.3) is 0 Å². The molecule has 3 heteroatoms. The number of nitrogens with two attached hydrogens (primary N) is 1. The maximum atomic E-state index is 11.7. The lowest BCUT2D eigenvalue weighted by Crippen LogP contribution is -2.05. The third-order valence-corrected chi connectivity index (χ3v) is 2.27. The van der Waals surface area contributed by atoms with E-state index in [9.17, 15) is 4.79 Å². The molecule has 0 fully saturated rings. The molecule has 1 rings (SSSR count). The summed E-state index contributed by atoms with van der Waals surface area (Å²) in [7, 11) is 0. The fraction of sp³-hybridized carbons (Fsp3) is 0.357. The number of ketones is 1. The normalized spacial score (nSPS) is 10.0. The van der Waals surface area contributed by atoms with Crippen LogP contribution >= 0.6 is 0 Å². The molecule has 0 amide bonds. The summed E-state index contributed by atoms with van der Waals surface area (Å²) < 4.78 is 5.45. The quantitative estimate of drug-likeness (QED) is 0.581. The SMILES string of the molecule is C=C(C)COc1ccc(C(=O)CCCN)cc1. The van der Waals surface area contributed by atoms with Crippen molar-refractivity contribution in [1.82, 2.24) is 0 Å². The number of rotatable bonds is 7. The van der Waals surface area contributed by atoms with E-state index in [-0.39, 0.29) is 5.78 Å². The molecule has 0 saturated heterocycles. The van der Waals surface area contributed by atoms with Crippen LogP contribution in [0.15, 0.2) is 36.4 Å². The summed E-state index contributed by atoms with van der Waals surface area (Å²) in [5, 5.41) is 0. The summed E-state index contributed by atoms with van der Waals surface area (Å²) in [6.07, 6.45) is 1.23. The molecule has 92 valence electrons. The van der Waals surface area contributed by atoms with Gasteiger partial charge in [-0.15, -0.1) is 0 Å². The zero-order valence-electron chi connectivity index (χ0n) is 10.2. The van der Waals surface area contributed by atoms with Gasteiger partial charge in [0.2, 0.25) is 0 Å². The summed E-state index contributed by atoms with van der Waals surface area (Å²) in [5.74, 6) is 0.880. The monoisotopic (exact) mass is 233 g/mol. The maximum absolute atomic E-state index is 11.7. The average Bonchev–Trinajstić information content (AvgIpc) is 2.34. The van der Waals surface area contributed by atoms with E-state index in [2.05, 4.69) is 6.58 Å². The van der Waals surface area contributed by atoms with Gasteiger partial charge in [0.05, 0.1) is 0 Å². The van der Waals surface area contributed by atoms with Crippen LogP contribution in [-0.2, 0) is 0 Å². The van der Waals surface area contributed by atoms with Crippen LogP contribution in [0.1, 0.15) is 30.1 Å². The Bertz CT molecular complexity index is 382. The zero-order valence-corrected chi connectivity index (χ0v) is 10.2. The second-order valence-electron chi connectivity index (χ2n) is 4.09. The van der Waals surface area contributed by atoms with E-state index in [1.54, 1.807) is 24.3 Å². The lowest BCUT2D eigenvalue weighted by molar-refractivity contribution is 0.0980. The Morgan fingerprint density at radius 2 is 2.00 bits per heavy atom. The van der Waals surface area contributed by atoms with Gasteiger partial charge in [0.15, 0.2) is 5.78 Å². The van der Waals surface area contributed by atoms with Crippen molar-refractivity contribution in [2.24, 2.45) is 5.73 Å². The van der Waals surface area contributed by atoms with Crippen LogP contribution in [0.4, 0.5) is 0 Å². The summed E-state index contributed by atoms with van der Waals surface area (Å²) in [4.78, 5) is 11.7. The van der Waals surface area contributed by atoms with Crippen LogP contribution < -0.4 is 10.5 Å². The smallest absolute Gasteiger partial charge is 0.162 e. The van der Waals surface area contributed by atoms with Gasteiger partial charge in [-0.2, -0.15) is 0 Å². The van der Waals surface area contributed by atoms with E-state index in [1.165, 1.54) is 0 Å². The van der Waals surface area contributed by atoms with Crippen LogP contribution in [-0.4, -0.2) is 18.9 Å². The molecule has 0 radical (unpaired) electrons. The fourth-order valence-electron chi connectivity index (χ4n) is 1.35. The van der Waals surface area contributed by atoms with E-state index in [0.29, 0.717) is 25.1 Å². The molecular weight excluding hydrogens is 214 g/mol. The molecule has 0 saturated carbocycles. The van der Waals surface area contributed by atoms with Crippen molar-refractivity contribution >= 4 is 5.78 Å². The molecule has 0 aliphatic carbocycles. The van der Waals surface area contributed by atoms with E-state index in [0.717, 1.165) is 17.7 Å². The average molecular weight is 233 g/mol. The number of hydrogen-bond donors (Lipinski definition) is 1. The topological polar surface area (TPSA) is 52.3 Å². The van der Waals surface area contributed by atoms with Crippen LogP contribution in [0, 0.1) is 0 Å². The number of Topliss-reactive ketones (excluding diaryl/α,β-unsaturated/α-hetero) is 1. The Kier molecular flexibility index (Phi) is 5.43. The number of benzene rings is 1. The molecular formula is C14H19NO2. The van der Waals surface area contributed by atoms with Crippen molar-refractivity contribution in [2.75, 3.05) is 13.2 Å². The molecule has 0 unspecified atom stereocenters. The van der Waals surface area contributed by atoms with Crippen LogP contribution in [0.2, 0.25) is 0 Å². The standard InChI is InChI=1S/C14H19NO2/c1-11(2)10-17-13-7-5-12(6-8-13)14(16)4-3-9-15/h5-8H,1,3-4,9-10,15H2,2H3. The van der Waals surface area contributed by atoms with Crippen molar-refractivity contribution < 1.29 is 9.53 Å². The minimum absolute atomic E-state index is 0.127. The predicted molar refractivity (Wildman–Crippen MR) is 69.4 cm³/mol. The Morgan fingerprint density at radius 1 is 1.35 bits per heavy atom. The second-order valence-corrected chi connectivity index (χ2v) is 4.09. The molecule has 0 aliphatic rings. The summed E-state index contributed by atoms with van der Waals surface area (Å²) in [6, 6.07) is 7.18. The van der Waals surface area contributed by atoms with Gasteiger partial charge < -0.3 is 10.5 Å². The van der Waals surface area contributed by atoms with Gasteiger partial charge in [-0.3, -0.25) is 4.79 Å². The molecule has 1 aromatic carbocycles. The molecule has 2 N–H and O–H groups in total. The molecule has 17 heavy (non-hydrogen) atoms. The Balaban J connectivity index is 2.55. The third kappa shape index (κ3) is 4.83.